The Hall–Kier alpha value is -3.43. The molecule has 0 radical (unpaired) electrons. The summed E-state index contributed by atoms with van der Waals surface area (Å²) in [7, 11) is 1.28. The number of carbonyl (C=O) groups is 3. The number of thiazole rings is 1. The third-order valence-corrected chi connectivity index (χ3v) is 8.15. The number of thioether (sulfide) groups is 1. The van der Waals surface area contributed by atoms with Gasteiger partial charge in [-0.05, 0) is 22.0 Å². The summed E-state index contributed by atoms with van der Waals surface area (Å²) in [6.07, 6.45) is 5.58. The Morgan fingerprint density at radius 2 is 2.25 bits per heavy atom. The lowest BCUT2D eigenvalue weighted by molar-refractivity contribution is -0.511. The topological polar surface area (TPSA) is 159 Å². The summed E-state index contributed by atoms with van der Waals surface area (Å²) in [5.41, 5.74) is 6.93. The first-order valence-electron chi connectivity index (χ1n) is 10.5. The van der Waals surface area contributed by atoms with E-state index in [1.807, 2.05) is 39.7 Å². The highest BCUT2D eigenvalue weighted by Crippen LogP contribution is 2.40. The van der Waals surface area contributed by atoms with Crippen LogP contribution in [0.3, 0.4) is 0 Å². The Bertz CT molecular complexity index is 1470. The number of β-lactam (4-membered cyclic amide) rings is 1. The van der Waals surface area contributed by atoms with Crippen LogP contribution in [-0.4, -0.2) is 62.2 Å². The van der Waals surface area contributed by atoms with Crippen LogP contribution in [0.25, 0.3) is 5.65 Å². The zero-order chi connectivity index (χ0) is 25.6. The molecule has 0 aromatic carbocycles. The lowest BCUT2D eigenvalue weighted by Crippen LogP contribution is -2.71. The van der Waals surface area contributed by atoms with E-state index in [9.17, 15) is 19.5 Å². The number of nitrogens with two attached hydrogens (primary N) is 1. The van der Waals surface area contributed by atoms with Gasteiger partial charge in [-0.2, -0.15) is 0 Å². The average molecular weight is 592 g/mol. The van der Waals surface area contributed by atoms with E-state index in [1.54, 1.807) is 5.38 Å². The number of fused-ring (bicyclic) bond motifs is 2. The van der Waals surface area contributed by atoms with Crippen LogP contribution >= 0.6 is 39.0 Å². The number of amides is 2. The zero-order valence-corrected chi connectivity index (χ0v) is 21.8. The third kappa shape index (κ3) is 4.22. The lowest BCUT2D eigenvalue weighted by atomic mass is 10.0. The molecule has 15 heteroatoms. The summed E-state index contributed by atoms with van der Waals surface area (Å²) in [6.45, 7) is 0.262. The predicted octanol–water partition coefficient (Wildman–Crippen LogP) is -0.517. The normalized spacial score (nSPS) is 19.8. The fraction of sp³-hybridized carbons (Fsp3) is 0.238. The molecule has 0 aliphatic carbocycles. The van der Waals surface area contributed by atoms with Crippen molar-refractivity contribution in [3.05, 3.63) is 57.5 Å². The van der Waals surface area contributed by atoms with Gasteiger partial charge in [-0.15, -0.1) is 23.1 Å². The van der Waals surface area contributed by atoms with Gasteiger partial charge in [-0.25, -0.2) is 14.0 Å². The van der Waals surface area contributed by atoms with Crippen LogP contribution in [0.1, 0.15) is 5.69 Å². The van der Waals surface area contributed by atoms with Crippen molar-refractivity contribution in [3.63, 3.8) is 0 Å². The monoisotopic (exact) mass is 591 g/mol. The second-order valence-electron chi connectivity index (χ2n) is 7.83. The van der Waals surface area contributed by atoms with Crippen LogP contribution in [0.4, 0.5) is 5.13 Å². The van der Waals surface area contributed by atoms with Gasteiger partial charge < -0.3 is 25.8 Å². The minimum atomic E-state index is -1.44. The Kier molecular flexibility index (Phi) is 6.44. The van der Waals surface area contributed by atoms with Crippen LogP contribution in [-0.2, 0) is 25.8 Å². The summed E-state index contributed by atoms with van der Waals surface area (Å²) < 4.78 is 4.69. The standard InChI is InChI=1S/C21H18BrN7O5S2/c1-34-26-14(12-9-36-21(23)24-12)17(30)25-15-18(31)29-16(20(32)33)10(8-35-19(15)29)6-27-4-5-28-7-11(22)2-3-13(27)28/h2-5,7,9,15,19H,6,8H2,1H3,(H3-,23,24,25,30,32,33)/b26-14-/t15-,19+/m1/s1. The third-order valence-electron chi connectivity index (χ3n) is 5.67. The molecule has 1 saturated heterocycles. The van der Waals surface area contributed by atoms with E-state index in [0.29, 0.717) is 11.3 Å². The van der Waals surface area contributed by atoms with Gasteiger partial charge in [0.1, 0.15) is 49.4 Å². The molecule has 0 unspecified atom stereocenters. The number of aromatic nitrogens is 3. The molecule has 36 heavy (non-hydrogen) atoms. The number of oxime groups is 1. The Morgan fingerprint density at radius 3 is 2.94 bits per heavy atom. The molecular formula is C21H18BrN7O5S2. The number of aliphatic carboxylic acids is 1. The first kappa shape index (κ1) is 24.3. The molecule has 0 saturated carbocycles. The highest BCUT2D eigenvalue weighted by Gasteiger charge is 2.53. The number of nitrogens with one attached hydrogen (secondary N) is 1. The van der Waals surface area contributed by atoms with E-state index in [2.05, 4.69) is 31.4 Å². The number of hydrogen-bond acceptors (Lipinski definition) is 10. The molecule has 3 N–H and O–H groups in total. The second kappa shape index (κ2) is 9.55. The number of nitrogens with zero attached hydrogens (tertiary/aromatic N) is 5. The summed E-state index contributed by atoms with van der Waals surface area (Å²) in [4.78, 5) is 48.0. The maximum absolute atomic E-state index is 13.0. The van der Waals surface area contributed by atoms with Crippen molar-refractivity contribution in [2.24, 2.45) is 5.16 Å². The summed E-state index contributed by atoms with van der Waals surface area (Å²) in [5.74, 6) is -2.35. The largest absolute Gasteiger partial charge is 0.543 e. The number of halogens is 1. The van der Waals surface area contributed by atoms with Crippen LogP contribution in [0.2, 0.25) is 0 Å². The Balaban J connectivity index is 1.37. The number of hydrogen-bond donors (Lipinski definition) is 2. The molecule has 2 amide bonds. The van der Waals surface area contributed by atoms with Crippen molar-refractivity contribution < 1.29 is 28.7 Å². The number of carbonyl (C=O) groups excluding carboxylic acids is 3. The molecule has 186 valence electrons. The molecular weight excluding hydrogens is 574 g/mol. The highest BCUT2D eigenvalue weighted by atomic mass is 79.9. The van der Waals surface area contributed by atoms with Gasteiger partial charge in [0.25, 0.3) is 17.5 Å². The van der Waals surface area contributed by atoms with E-state index >= 15 is 0 Å². The number of rotatable bonds is 7. The minimum absolute atomic E-state index is 0.141. The van der Waals surface area contributed by atoms with E-state index in [4.69, 9.17) is 10.6 Å². The van der Waals surface area contributed by atoms with Crippen LogP contribution in [0.15, 0.2) is 57.0 Å². The molecule has 3 aromatic rings. The van der Waals surface area contributed by atoms with Gasteiger partial charge >= 0.3 is 0 Å². The first-order valence-corrected chi connectivity index (χ1v) is 13.2. The quantitative estimate of drug-likeness (QED) is 0.161. The maximum Gasteiger partial charge on any atom is 0.286 e. The average Bonchev–Trinajstić information content (AvgIpc) is 3.45. The minimum Gasteiger partial charge on any atom is -0.543 e. The predicted molar refractivity (Wildman–Crippen MR) is 132 cm³/mol. The van der Waals surface area contributed by atoms with Gasteiger partial charge in [0.2, 0.25) is 0 Å². The lowest BCUT2D eigenvalue weighted by Gasteiger charge is -2.50. The van der Waals surface area contributed by atoms with Gasteiger partial charge in [-0.1, -0.05) is 5.16 Å². The fourth-order valence-electron chi connectivity index (χ4n) is 4.11. The van der Waals surface area contributed by atoms with Crippen molar-refractivity contribution in [2.75, 3.05) is 18.6 Å². The van der Waals surface area contributed by atoms with Gasteiger partial charge in [0.05, 0.1) is 16.1 Å². The molecule has 2 atom stereocenters. The van der Waals surface area contributed by atoms with Gasteiger partial charge in [-0.3, -0.25) is 14.5 Å². The summed E-state index contributed by atoms with van der Waals surface area (Å²) >= 11 is 5.91. The maximum atomic E-state index is 13.0. The fourth-order valence-corrected chi connectivity index (χ4v) is 6.34. The van der Waals surface area contributed by atoms with Crippen LogP contribution in [0.5, 0.6) is 0 Å². The molecule has 1 fully saturated rings. The number of imidazole rings is 1. The number of carboxylic acid groups (broad SMARTS) is 1. The number of carboxylic acids is 1. The molecule has 2 aliphatic heterocycles. The molecule has 5 rings (SSSR count). The van der Waals surface area contributed by atoms with E-state index in [0.717, 1.165) is 21.5 Å². The number of nitrogen functional groups attached to an aromatic ring is 1. The van der Waals surface area contributed by atoms with Crippen molar-refractivity contribution in [1.29, 1.82) is 0 Å². The highest BCUT2D eigenvalue weighted by molar-refractivity contribution is 9.10. The smallest absolute Gasteiger partial charge is 0.286 e. The van der Waals surface area contributed by atoms with Gasteiger partial charge in [0.15, 0.2) is 10.8 Å². The van der Waals surface area contributed by atoms with Gasteiger partial charge in [0, 0.05) is 22.8 Å². The Labute approximate surface area is 220 Å². The first-order chi connectivity index (χ1) is 17.3. The molecule has 5 heterocycles. The number of pyridine rings is 1. The molecule has 0 spiro atoms. The summed E-state index contributed by atoms with van der Waals surface area (Å²) in [5, 5.41) is 19.6. The second-order valence-corrected chi connectivity index (χ2v) is 10.7. The number of anilines is 1. The zero-order valence-electron chi connectivity index (χ0n) is 18.6. The van der Waals surface area contributed by atoms with E-state index < -0.39 is 29.2 Å². The molecule has 0 bridgehead atoms. The summed E-state index contributed by atoms with van der Waals surface area (Å²) in [6, 6.07) is 2.84. The SMILES string of the molecule is CO/N=C(\C(=O)N[C@@H]1C(=O)N2C(C(=O)[O-])=C(Cn3cc[n+]4cc(Br)ccc34)CS[C@@H]12)c1csc(N)n1. The molecule has 12 nitrogen and oxygen atoms in total. The van der Waals surface area contributed by atoms with Crippen LogP contribution in [0, 0.1) is 0 Å². The Morgan fingerprint density at radius 1 is 1.44 bits per heavy atom. The van der Waals surface area contributed by atoms with Crippen LogP contribution < -0.4 is 20.6 Å². The van der Waals surface area contributed by atoms with Crippen molar-refractivity contribution in [2.45, 2.75) is 18.0 Å². The van der Waals surface area contributed by atoms with E-state index in [1.165, 1.54) is 23.8 Å². The van der Waals surface area contributed by atoms with Crippen molar-refractivity contribution in [3.8, 4) is 0 Å². The molecule has 2 aliphatic rings. The van der Waals surface area contributed by atoms with Crippen molar-refractivity contribution >= 4 is 73.3 Å². The van der Waals surface area contributed by atoms with E-state index in [-0.39, 0.29) is 28.8 Å². The van der Waals surface area contributed by atoms with Crippen molar-refractivity contribution in [1.82, 2.24) is 19.8 Å². The molecule has 3 aromatic heterocycles.